The van der Waals surface area contributed by atoms with E-state index in [4.69, 9.17) is 0 Å². The van der Waals surface area contributed by atoms with Crippen LogP contribution in [0.4, 0.5) is 0 Å². The van der Waals surface area contributed by atoms with E-state index in [-0.39, 0.29) is 5.91 Å². The lowest BCUT2D eigenvalue weighted by Gasteiger charge is -2.16. The molecule has 4 heteroatoms. The number of hydrogen-bond acceptors (Lipinski definition) is 2. The first-order chi connectivity index (χ1) is 9.45. The molecule has 1 rings (SSSR count). The molecule has 0 bridgehead atoms. The van der Waals surface area contributed by atoms with Gasteiger partial charge in [-0.3, -0.25) is 4.79 Å². The first-order valence-corrected chi connectivity index (χ1v) is 7.05. The van der Waals surface area contributed by atoms with Gasteiger partial charge in [0.1, 0.15) is 0 Å². The number of unbranched alkanes of at least 4 members (excludes halogenated alkanes) is 2. The van der Waals surface area contributed by atoms with E-state index < -0.39 is 12.0 Å². The summed E-state index contributed by atoms with van der Waals surface area (Å²) in [5.74, 6) is -1.24. The van der Waals surface area contributed by atoms with Crippen molar-refractivity contribution in [1.29, 1.82) is 0 Å². The first-order valence-electron chi connectivity index (χ1n) is 7.05. The molecule has 1 aromatic carbocycles. The number of aliphatic carboxylic acids is 1. The fraction of sp³-hybridized carbons (Fsp3) is 0.500. The minimum absolute atomic E-state index is 0.205. The molecule has 4 nitrogen and oxygen atoms in total. The van der Waals surface area contributed by atoms with E-state index in [2.05, 4.69) is 12.2 Å². The summed E-state index contributed by atoms with van der Waals surface area (Å²) in [6, 6.07) is 4.49. The highest BCUT2D eigenvalue weighted by atomic mass is 16.4. The van der Waals surface area contributed by atoms with Crippen molar-refractivity contribution in [2.45, 2.75) is 52.5 Å². The van der Waals surface area contributed by atoms with E-state index in [1.807, 2.05) is 26.0 Å². The number of carboxylic acids is 1. The molecular formula is C16H23NO3. The Morgan fingerprint density at radius 2 is 1.90 bits per heavy atom. The van der Waals surface area contributed by atoms with E-state index in [1.54, 1.807) is 6.07 Å². The first kappa shape index (κ1) is 16.2. The van der Waals surface area contributed by atoms with Crippen molar-refractivity contribution < 1.29 is 14.7 Å². The van der Waals surface area contributed by atoms with Crippen LogP contribution < -0.4 is 5.32 Å². The van der Waals surface area contributed by atoms with Gasteiger partial charge in [-0.05, 0) is 37.0 Å². The van der Waals surface area contributed by atoms with Gasteiger partial charge >= 0.3 is 5.97 Å². The summed E-state index contributed by atoms with van der Waals surface area (Å²) in [5.41, 5.74) is 2.74. The molecule has 2 N–H and O–H groups in total. The molecule has 0 aliphatic rings. The quantitative estimate of drug-likeness (QED) is 0.752. The Bertz CT molecular complexity index is 483. The average molecular weight is 277 g/mol. The molecule has 1 amide bonds. The summed E-state index contributed by atoms with van der Waals surface area (Å²) in [7, 11) is 0. The molecule has 0 fully saturated rings. The standard InChI is InChI=1S/C16H23NO3/c1-4-5-6-7-14(18)17-15(16(19)20)13-9-8-11(2)12(3)10-13/h8-10,15H,4-7H2,1-3H3,(H,17,18)(H,19,20). The monoisotopic (exact) mass is 277 g/mol. The minimum Gasteiger partial charge on any atom is -0.479 e. The Morgan fingerprint density at radius 3 is 2.45 bits per heavy atom. The molecule has 0 aliphatic heterocycles. The fourth-order valence-corrected chi connectivity index (χ4v) is 2.00. The Balaban J connectivity index is 2.76. The van der Waals surface area contributed by atoms with Crippen molar-refractivity contribution in [2.24, 2.45) is 0 Å². The second-order valence-electron chi connectivity index (χ2n) is 5.14. The van der Waals surface area contributed by atoms with E-state index in [9.17, 15) is 14.7 Å². The van der Waals surface area contributed by atoms with Gasteiger partial charge in [0.05, 0.1) is 0 Å². The fourth-order valence-electron chi connectivity index (χ4n) is 2.00. The number of amides is 1. The summed E-state index contributed by atoms with van der Waals surface area (Å²) >= 11 is 0. The normalized spacial score (nSPS) is 11.9. The maximum atomic E-state index is 11.8. The SMILES string of the molecule is CCCCCC(=O)NC(C(=O)O)c1ccc(C)c(C)c1. The summed E-state index contributed by atoms with van der Waals surface area (Å²) in [4.78, 5) is 23.1. The van der Waals surface area contributed by atoms with Gasteiger partial charge in [-0.2, -0.15) is 0 Å². The van der Waals surface area contributed by atoms with Gasteiger partial charge in [0.15, 0.2) is 6.04 Å². The van der Waals surface area contributed by atoms with E-state index in [0.29, 0.717) is 12.0 Å². The highest BCUT2D eigenvalue weighted by Gasteiger charge is 2.22. The number of carbonyl (C=O) groups is 2. The lowest BCUT2D eigenvalue weighted by molar-refractivity contribution is -0.142. The summed E-state index contributed by atoms with van der Waals surface area (Å²) in [6.07, 6.45) is 3.19. The van der Waals surface area contributed by atoms with Gasteiger partial charge in [0, 0.05) is 6.42 Å². The minimum atomic E-state index is -1.03. The van der Waals surface area contributed by atoms with Crippen molar-refractivity contribution >= 4 is 11.9 Å². The Morgan fingerprint density at radius 1 is 1.20 bits per heavy atom. The predicted octanol–water partition coefficient (Wildman–Crippen LogP) is 3.13. The Labute approximate surface area is 120 Å². The largest absolute Gasteiger partial charge is 0.479 e. The highest BCUT2D eigenvalue weighted by Crippen LogP contribution is 2.18. The van der Waals surface area contributed by atoms with Crippen molar-refractivity contribution in [3.63, 3.8) is 0 Å². The second kappa shape index (κ2) is 7.68. The van der Waals surface area contributed by atoms with Gasteiger partial charge in [-0.25, -0.2) is 4.79 Å². The lowest BCUT2D eigenvalue weighted by Crippen LogP contribution is -2.33. The van der Waals surface area contributed by atoms with Gasteiger partial charge < -0.3 is 10.4 Å². The van der Waals surface area contributed by atoms with Crippen LogP contribution in [-0.4, -0.2) is 17.0 Å². The molecular weight excluding hydrogens is 254 g/mol. The average Bonchev–Trinajstić information content (AvgIpc) is 2.39. The molecule has 0 saturated carbocycles. The molecule has 1 atom stereocenters. The number of rotatable bonds is 7. The van der Waals surface area contributed by atoms with Gasteiger partial charge in [-0.15, -0.1) is 0 Å². The Kier molecular flexibility index (Phi) is 6.22. The van der Waals surface area contributed by atoms with Crippen molar-refractivity contribution in [3.05, 3.63) is 34.9 Å². The molecule has 0 radical (unpaired) electrons. The molecule has 1 unspecified atom stereocenters. The van der Waals surface area contributed by atoms with Crippen molar-refractivity contribution in [1.82, 2.24) is 5.32 Å². The van der Waals surface area contributed by atoms with Crippen LogP contribution in [0.25, 0.3) is 0 Å². The lowest BCUT2D eigenvalue weighted by atomic mass is 10.0. The zero-order chi connectivity index (χ0) is 15.1. The highest BCUT2D eigenvalue weighted by molar-refractivity contribution is 5.84. The van der Waals surface area contributed by atoms with Crippen LogP contribution in [0.2, 0.25) is 0 Å². The van der Waals surface area contributed by atoms with Crippen LogP contribution in [0.15, 0.2) is 18.2 Å². The zero-order valence-corrected chi connectivity index (χ0v) is 12.4. The van der Waals surface area contributed by atoms with E-state index in [1.165, 1.54) is 0 Å². The number of carbonyl (C=O) groups excluding carboxylic acids is 1. The van der Waals surface area contributed by atoms with Gasteiger partial charge in [0.25, 0.3) is 0 Å². The molecule has 0 spiro atoms. The molecule has 110 valence electrons. The molecule has 0 heterocycles. The number of benzene rings is 1. The number of aryl methyl sites for hydroxylation is 2. The third-order valence-corrected chi connectivity index (χ3v) is 3.42. The van der Waals surface area contributed by atoms with Crippen LogP contribution in [0.1, 0.15) is 55.3 Å². The van der Waals surface area contributed by atoms with Crippen LogP contribution in [0.5, 0.6) is 0 Å². The third-order valence-electron chi connectivity index (χ3n) is 3.42. The molecule has 0 saturated heterocycles. The summed E-state index contributed by atoms with van der Waals surface area (Å²) in [6.45, 7) is 5.96. The second-order valence-corrected chi connectivity index (χ2v) is 5.14. The topological polar surface area (TPSA) is 66.4 Å². The molecule has 20 heavy (non-hydrogen) atoms. The smallest absolute Gasteiger partial charge is 0.330 e. The van der Waals surface area contributed by atoms with Gasteiger partial charge in [0.2, 0.25) is 5.91 Å². The van der Waals surface area contributed by atoms with Crippen LogP contribution in [-0.2, 0) is 9.59 Å². The maximum absolute atomic E-state index is 11.8. The number of hydrogen-bond donors (Lipinski definition) is 2. The molecule has 1 aromatic rings. The summed E-state index contributed by atoms with van der Waals surface area (Å²) in [5, 5.41) is 11.9. The zero-order valence-electron chi connectivity index (χ0n) is 12.4. The van der Waals surface area contributed by atoms with Crippen molar-refractivity contribution in [3.8, 4) is 0 Å². The van der Waals surface area contributed by atoms with Crippen molar-refractivity contribution in [2.75, 3.05) is 0 Å². The number of nitrogens with one attached hydrogen (secondary N) is 1. The third kappa shape index (κ3) is 4.68. The van der Waals surface area contributed by atoms with Crippen LogP contribution in [0, 0.1) is 13.8 Å². The predicted molar refractivity (Wildman–Crippen MR) is 78.6 cm³/mol. The summed E-state index contributed by atoms with van der Waals surface area (Å²) < 4.78 is 0. The van der Waals surface area contributed by atoms with Crippen LogP contribution >= 0.6 is 0 Å². The molecule has 0 aromatic heterocycles. The number of carboxylic acid groups (broad SMARTS) is 1. The van der Waals surface area contributed by atoms with E-state index >= 15 is 0 Å². The van der Waals surface area contributed by atoms with Gasteiger partial charge in [-0.1, -0.05) is 38.0 Å². The van der Waals surface area contributed by atoms with Crippen LogP contribution in [0.3, 0.4) is 0 Å². The molecule has 0 aliphatic carbocycles. The Hall–Kier alpha value is -1.84. The maximum Gasteiger partial charge on any atom is 0.330 e. The van der Waals surface area contributed by atoms with E-state index in [0.717, 1.165) is 30.4 Å².